The van der Waals surface area contributed by atoms with Gasteiger partial charge in [-0.1, -0.05) is 28.9 Å². The quantitative estimate of drug-likeness (QED) is 0.781. The summed E-state index contributed by atoms with van der Waals surface area (Å²) in [7, 11) is 0. The van der Waals surface area contributed by atoms with Crippen LogP contribution in [-0.4, -0.2) is 25.3 Å². The maximum Gasteiger partial charge on any atom is 0.239 e. The summed E-state index contributed by atoms with van der Waals surface area (Å²) in [5.41, 5.74) is 1.05. The largest absolute Gasteiger partial charge is 0.339 e. The second-order valence-electron chi connectivity index (χ2n) is 3.65. The van der Waals surface area contributed by atoms with Crippen molar-refractivity contribution in [2.75, 3.05) is 0 Å². The van der Waals surface area contributed by atoms with Gasteiger partial charge >= 0.3 is 0 Å². The van der Waals surface area contributed by atoms with Gasteiger partial charge in [0.15, 0.2) is 5.82 Å². The van der Waals surface area contributed by atoms with Crippen LogP contribution in [0.1, 0.15) is 11.5 Å². The molecule has 1 N–H and O–H groups in total. The molecule has 0 radical (unpaired) electrons. The van der Waals surface area contributed by atoms with Crippen molar-refractivity contribution in [3.63, 3.8) is 0 Å². The van der Waals surface area contributed by atoms with Crippen LogP contribution in [0.3, 0.4) is 0 Å². The fourth-order valence-electron chi connectivity index (χ4n) is 1.51. The zero-order valence-electron chi connectivity index (χ0n) is 9.17. The minimum Gasteiger partial charge on any atom is -0.339 e. The molecule has 2 heterocycles. The molecular weight excluding hydrogens is 254 g/mol. The lowest BCUT2D eigenvalue weighted by molar-refractivity contribution is 0.385. The van der Waals surface area contributed by atoms with E-state index in [1.807, 2.05) is 24.3 Å². The van der Waals surface area contributed by atoms with Crippen molar-refractivity contribution < 1.29 is 4.52 Å². The summed E-state index contributed by atoms with van der Waals surface area (Å²) in [6.45, 7) is 0. The Balaban J connectivity index is 1.80. The highest BCUT2D eigenvalue weighted by atomic mass is 35.5. The fraction of sp³-hybridized carbons (Fsp3) is 0.0909. The van der Waals surface area contributed by atoms with Crippen molar-refractivity contribution in [3.8, 4) is 11.6 Å². The molecule has 0 bridgehead atoms. The molecule has 0 aliphatic heterocycles. The van der Waals surface area contributed by atoms with E-state index in [1.54, 1.807) is 0 Å². The molecule has 0 saturated heterocycles. The van der Waals surface area contributed by atoms with E-state index in [1.165, 1.54) is 6.33 Å². The first kappa shape index (κ1) is 10.9. The minimum atomic E-state index is 0.400. The normalized spacial score (nSPS) is 10.7. The van der Waals surface area contributed by atoms with Gasteiger partial charge in [-0.3, -0.25) is 5.10 Å². The molecule has 6 nitrogen and oxygen atoms in total. The number of H-pyrrole nitrogens is 1. The van der Waals surface area contributed by atoms with Crippen LogP contribution in [0.25, 0.3) is 11.6 Å². The predicted molar refractivity (Wildman–Crippen MR) is 63.9 cm³/mol. The Hall–Kier alpha value is -2.21. The lowest BCUT2D eigenvalue weighted by atomic mass is 10.1. The van der Waals surface area contributed by atoms with Gasteiger partial charge in [-0.15, -0.1) is 0 Å². The Bertz CT molecular complexity index is 632. The highest BCUT2D eigenvalue weighted by molar-refractivity contribution is 6.30. The summed E-state index contributed by atoms with van der Waals surface area (Å²) < 4.78 is 5.14. The molecule has 0 saturated carbocycles. The molecule has 7 heteroatoms. The van der Waals surface area contributed by atoms with Gasteiger partial charge in [0.05, 0.1) is 6.42 Å². The van der Waals surface area contributed by atoms with Crippen molar-refractivity contribution in [1.29, 1.82) is 0 Å². The van der Waals surface area contributed by atoms with Gasteiger partial charge in [-0.05, 0) is 17.7 Å². The van der Waals surface area contributed by atoms with E-state index in [0.717, 1.165) is 5.56 Å². The predicted octanol–water partition coefficient (Wildman–Crippen LogP) is 2.10. The van der Waals surface area contributed by atoms with Crippen LogP contribution < -0.4 is 0 Å². The summed E-state index contributed by atoms with van der Waals surface area (Å²) in [4.78, 5) is 8.18. The standard InChI is InChI=1S/C11H8ClN5O/c12-8-3-1-7(2-4-8)5-9-15-11(17-18-9)10-13-6-14-16-10/h1-4,6H,5H2,(H,13,14,16). The van der Waals surface area contributed by atoms with Gasteiger partial charge in [0.25, 0.3) is 0 Å². The number of nitrogens with zero attached hydrogens (tertiary/aromatic N) is 4. The van der Waals surface area contributed by atoms with Crippen molar-refractivity contribution in [3.05, 3.63) is 47.1 Å². The molecule has 0 fully saturated rings. The molecule has 0 amide bonds. The van der Waals surface area contributed by atoms with Crippen LogP contribution in [0.2, 0.25) is 5.02 Å². The number of benzene rings is 1. The number of nitrogens with one attached hydrogen (secondary N) is 1. The average molecular weight is 262 g/mol. The van der Waals surface area contributed by atoms with Gasteiger partial charge < -0.3 is 4.52 Å². The summed E-state index contributed by atoms with van der Waals surface area (Å²) in [6.07, 6.45) is 1.95. The molecule has 3 aromatic rings. The Morgan fingerprint density at radius 2 is 2.06 bits per heavy atom. The van der Waals surface area contributed by atoms with Crippen LogP contribution >= 0.6 is 11.6 Å². The van der Waals surface area contributed by atoms with Crippen molar-refractivity contribution in [2.45, 2.75) is 6.42 Å². The number of aromatic amines is 1. The molecule has 18 heavy (non-hydrogen) atoms. The highest BCUT2D eigenvalue weighted by Crippen LogP contribution is 2.14. The Morgan fingerprint density at radius 1 is 1.22 bits per heavy atom. The number of rotatable bonds is 3. The van der Waals surface area contributed by atoms with Crippen LogP contribution in [0.4, 0.5) is 0 Å². The van der Waals surface area contributed by atoms with Crippen molar-refractivity contribution in [2.24, 2.45) is 0 Å². The van der Waals surface area contributed by atoms with E-state index in [2.05, 4.69) is 25.3 Å². The van der Waals surface area contributed by atoms with E-state index in [9.17, 15) is 0 Å². The first-order chi connectivity index (χ1) is 8.81. The molecule has 0 spiro atoms. The first-order valence-electron chi connectivity index (χ1n) is 5.24. The topological polar surface area (TPSA) is 80.5 Å². The number of halogens is 1. The van der Waals surface area contributed by atoms with Gasteiger partial charge in [-0.25, -0.2) is 4.98 Å². The number of aromatic nitrogens is 5. The maximum absolute atomic E-state index is 5.82. The maximum atomic E-state index is 5.82. The molecule has 90 valence electrons. The molecule has 1 aromatic carbocycles. The monoisotopic (exact) mass is 261 g/mol. The van der Waals surface area contributed by atoms with E-state index in [0.29, 0.717) is 29.0 Å². The van der Waals surface area contributed by atoms with E-state index in [4.69, 9.17) is 16.1 Å². The van der Waals surface area contributed by atoms with E-state index >= 15 is 0 Å². The van der Waals surface area contributed by atoms with Gasteiger partial charge in [0.1, 0.15) is 6.33 Å². The van der Waals surface area contributed by atoms with Gasteiger partial charge in [0.2, 0.25) is 11.7 Å². The molecular formula is C11H8ClN5O. The Morgan fingerprint density at radius 3 is 2.78 bits per heavy atom. The third-order valence-corrected chi connectivity index (χ3v) is 2.62. The van der Waals surface area contributed by atoms with Crippen LogP contribution in [0.15, 0.2) is 35.1 Å². The first-order valence-corrected chi connectivity index (χ1v) is 5.62. The van der Waals surface area contributed by atoms with E-state index in [-0.39, 0.29) is 0 Å². The zero-order valence-corrected chi connectivity index (χ0v) is 9.92. The summed E-state index contributed by atoms with van der Waals surface area (Å²) >= 11 is 5.82. The third-order valence-electron chi connectivity index (χ3n) is 2.36. The molecule has 0 aliphatic carbocycles. The van der Waals surface area contributed by atoms with Crippen molar-refractivity contribution in [1.82, 2.24) is 25.3 Å². The lowest BCUT2D eigenvalue weighted by Gasteiger charge is -1.95. The smallest absolute Gasteiger partial charge is 0.239 e. The van der Waals surface area contributed by atoms with Gasteiger partial charge in [0, 0.05) is 5.02 Å². The molecule has 0 atom stereocenters. The molecule has 0 unspecified atom stereocenters. The second kappa shape index (κ2) is 4.58. The Kier molecular flexibility index (Phi) is 2.77. The zero-order chi connectivity index (χ0) is 12.4. The second-order valence-corrected chi connectivity index (χ2v) is 4.09. The lowest BCUT2D eigenvalue weighted by Crippen LogP contribution is -1.89. The number of hydrogen-bond donors (Lipinski definition) is 1. The average Bonchev–Trinajstić information content (AvgIpc) is 3.02. The number of hydrogen-bond acceptors (Lipinski definition) is 5. The molecule has 2 aromatic heterocycles. The Labute approximate surface area is 107 Å². The SMILES string of the molecule is Clc1ccc(Cc2nc(-c3ncn[nH]3)no2)cc1. The van der Waals surface area contributed by atoms with Crippen molar-refractivity contribution >= 4 is 11.6 Å². The van der Waals surface area contributed by atoms with Crippen LogP contribution in [0, 0.1) is 0 Å². The van der Waals surface area contributed by atoms with Crippen LogP contribution in [0.5, 0.6) is 0 Å². The summed E-state index contributed by atoms with van der Waals surface area (Å²) in [5.74, 6) is 1.40. The summed E-state index contributed by atoms with van der Waals surface area (Å²) in [5, 5.41) is 10.9. The molecule has 3 rings (SSSR count). The minimum absolute atomic E-state index is 0.400. The van der Waals surface area contributed by atoms with Gasteiger partial charge in [-0.2, -0.15) is 10.1 Å². The highest BCUT2D eigenvalue weighted by Gasteiger charge is 2.11. The fourth-order valence-corrected chi connectivity index (χ4v) is 1.64. The van der Waals surface area contributed by atoms with E-state index < -0.39 is 0 Å². The molecule has 0 aliphatic rings. The van der Waals surface area contributed by atoms with Crippen LogP contribution in [-0.2, 0) is 6.42 Å². The summed E-state index contributed by atoms with van der Waals surface area (Å²) in [6, 6.07) is 7.48. The third kappa shape index (κ3) is 2.23.